The molecular weight excluding hydrogens is 400 g/mol. The highest BCUT2D eigenvalue weighted by atomic mass is 32.1. The third-order valence-electron chi connectivity index (χ3n) is 5.75. The van der Waals surface area contributed by atoms with Crippen LogP contribution in [0.1, 0.15) is 55.1 Å². The van der Waals surface area contributed by atoms with Crippen molar-refractivity contribution < 1.29 is 14.4 Å². The second kappa shape index (κ2) is 9.38. The number of amides is 4. The van der Waals surface area contributed by atoms with E-state index >= 15 is 0 Å². The molecule has 158 valence electrons. The molecule has 30 heavy (non-hydrogen) atoms. The maximum Gasteiger partial charge on any atom is 0.325 e. The Balaban J connectivity index is 1.40. The second-order valence-corrected chi connectivity index (χ2v) is 8.90. The molecule has 1 aliphatic heterocycles. The molecule has 3 heterocycles. The topological polar surface area (TPSA) is 91.4 Å². The van der Waals surface area contributed by atoms with Gasteiger partial charge in [-0.2, -0.15) is 0 Å². The Morgan fingerprint density at radius 2 is 2.03 bits per heavy atom. The summed E-state index contributed by atoms with van der Waals surface area (Å²) in [5.74, 6) is -0.555. The number of hydrogen-bond acceptors (Lipinski definition) is 5. The van der Waals surface area contributed by atoms with Gasteiger partial charge in [0.1, 0.15) is 6.04 Å². The van der Waals surface area contributed by atoms with Crippen LogP contribution in [0.3, 0.4) is 0 Å². The monoisotopic (exact) mass is 426 g/mol. The number of carbonyl (C=O) groups is 3. The summed E-state index contributed by atoms with van der Waals surface area (Å²) >= 11 is 1.63. The number of pyridine rings is 1. The van der Waals surface area contributed by atoms with E-state index in [1.807, 2.05) is 35.7 Å². The number of carbonyl (C=O) groups excluding carboxylic acids is 3. The lowest BCUT2D eigenvalue weighted by Gasteiger charge is -2.28. The number of imide groups is 1. The van der Waals surface area contributed by atoms with Crippen molar-refractivity contribution in [3.8, 4) is 0 Å². The van der Waals surface area contributed by atoms with Gasteiger partial charge in [-0.3, -0.25) is 19.5 Å². The minimum absolute atomic E-state index is 0.0422. The third-order valence-corrected chi connectivity index (χ3v) is 6.65. The number of nitrogens with one attached hydrogen (secondary N) is 2. The summed E-state index contributed by atoms with van der Waals surface area (Å²) in [4.78, 5) is 44.9. The molecule has 8 heteroatoms. The molecule has 0 aromatic carbocycles. The largest absolute Gasteiger partial charge is 0.347 e. The Morgan fingerprint density at radius 3 is 2.73 bits per heavy atom. The van der Waals surface area contributed by atoms with Crippen molar-refractivity contribution in [2.45, 2.75) is 63.1 Å². The molecule has 4 amide bonds. The van der Waals surface area contributed by atoms with Gasteiger partial charge in [0.05, 0.1) is 18.2 Å². The van der Waals surface area contributed by atoms with Crippen molar-refractivity contribution in [3.63, 3.8) is 0 Å². The van der Waals surface area contributed by atoms with E-state index in [1.165, 1.54) is 4.90 Å². The molecule has 2 aromatic heterocycles. The van der Waals surface area contributed by atoms with E-state index in [0.717, 1.165) is 42.7 Å². The molecule has 2 N–H and O–H groups in total. The zero-order valence-electron chi connectivity index (χ0n) is 16.8. The summed E-state index contributed by atoms with van der Waals surface area (Å²) in [7, 11) is 0. The van der Waals surface area contributed by atoms with Gasteiger partial charge < -0.3 is 10.6 Å². The fourth-order valence-electron chi connectivity index (χ4n) is 4.25. The quantitative estimate of drug-likeness (QED) is 0.665. The minimum Gasteiger partial charge on any atom is -0.347 e. The smallest absolute Gasteiger partial charge is 0.325 e. The summed E-state index contributed by atoms with van der Waals surface area (Å²) in [5.41, 5.74) is 0.768. The molecule has 4 rings (SSSR count). The molecule has 1 saturated heterocycles. The van der Waals surface area contributed by atoms with Crippen LogP contribution in [0.4, 0.5) is 4.79 Å². The number of aromatic nitrogens is 1. The fraction of sp³-hybridized carbons (Fsp3) is 0.455. The highest BCUT2D eigenvalue weighted by Gasteiger charge is 2.43. The molecule has 0 radical (unpaired) electrons. The molecule has 1 saturated carbocycles. The molecule has 2 aliphatic rings. The first-order valence-corrected chi connectivity index (χ1v) is 11.4. The van der Waals surface area contributed by atoms with Crippen LogP contribution in [0.25, 0.3) is 0 Å². The van der Waals surface area contributed by atoms with Crippen LogP contribution in [0.15, 0.2) is 41.9 Å². The van der Waals surface area contributed by atoms with Crippen molar-refractivity contribution >= 4 is 29.2 Å². The van der Waals surface area contributed by atoms with Crippen LogP contribution in [-0.4, -0.2) is 39.8 Å². The number of nitrogens with zero attached hydrogens (tertiary/aromatic N) is 2. The van der Waals surface area contributed by atoms with Crippen molar-refractivity contribution in [1.29, 1.82) is 0 Å². The van der Waals surface area contributed by atoms with Crippen LogP contribution in [0, 0.1) is 0 Å². The molecule has 1 aliphatic carbocycles. The first-order chi connectivity index (χ1) is 14.6. The van der Waals surface area contributed by atoms with E-state index in [-0.39, 0.29) is 36.3 Å². The van der Waals surface area contributed by atoms with Crippen molar-refractivity contribution in [1.82, 2.24) is 20.5 Å². The maximum atomic E-state index is 12.8. The van der Waals surface area contributed by atoms with Gasteiger partial charge in [0.25, 0.3) is 5.91 Å². The van der Waals surface area contributed by atoms with Gasteiger partial charge in [0, 0.05) is 23.5 Å². The van der Waals surface area contributed by atoms with Gasteiger partial charge in [-0.25, -0.2) is 4.79 Å². The Morgan fingerprint density at radius 1 is 1.20 bits per heavy atom. The lowest BCUT2D eigenvalue weighted by atomic mass is 9.94. The number of hydrogen-bond donors (Lipinski definition) is 2. The van der Waals surface area contributed by atoms with E-state index in [0.29, 0.717) is 6.42 Å². The number of rotatable bonds is 7. The van der Waals surface area contributed by atoms with Gasteiger partial charge in [-0.05, 0) is 36.4 Å². The van der Waals surface area contributed by atoms with Crippen LogP contribution in [0.2, 0.25) is 0 Å². The molecule has 0 unspecified atom stereocenters. The van der Waals surface area contributed by atoms with Gasteiger partial charge in [0.15, 0.2) is 0 Å². The highest BCUT2D eigenvalue weighted by Crippen LogP contribution is 2.26. The van der Waals surface area contributed by atoms with Crippen LogP contribution < -0.4 is 10.6 Å². The summed E-state index contributed by atoms with van der Waals surface area (Å²) < 4.78 is 0. The molecule has 2 aromatic rings. The highest BCUT2D eigenvalue weighted by molar-refractivity contribution is 7.09. The summed E-state index contributed by atoms with van der Waals surface area (Å²) in [5, 5.41) is 7.71. The van der Waals surface area contributed by atoms with Crippen LogP contribution in [-0.2, 0) is 16.0 Å². The SMILES string of the molecule is O=C(C[C@H]1NC(=O)N(C2CCCCC2)C1=O)N[C@H](Cc1cccs1)c1ccccn1. The fourth-order valence-corrected chi connectivity index (χ4v) is 5.00. The average molecular weight is 427 g/mol. The van der Waals surface area contributed by atoms with Crippen LogP contribution in [0.5, 0.6) is 0 Å². The predicted molar refractivity (Wildman–Crippen MR) is 114 cm³/mol. The average Bonchev–Trinajstić information content (AvgIpc) is 3.36. The standard InChI is InChI=1S/C22H26N4O3S/c27-20(14-19-21(28)26(22(29)25-19)15-7-2-1-3-8-15)24-18(13-16-9-6-12-30-16)17-10-4-5-11-23-17/h4-6,9-12,15,18-19H,1-3,7-8,13-14H2,(H,24,27)(H,25,29)/t18-,19-/m1/s1. The van der Waals surface area contributed by atoms with Gasteiger partial charge in [0.2, 0.25) is 5.91 Å². The van der Waals surface area contributed by atoms with Crippen molar-refractivity contribution in [2.75, 3.05) is 0 Å². The normalized spacial score (nSPS) is 20.8. The molecule has 7 nitrogen and oxygen atoms in total. The summed E-state index contributed by atoms with van der Waals surface area (Å²) in [6.07, 6.45) is 7.15. The lowest BCUT2D eigenvalue weighted by Crippen LogP contribution is -2.42. The van der Waals surface area contributed by atoms with Gasteiger partial charge in [-0.15, -0.1) is 11.3 Å². The minimum atomic E-state index is -0.800. The lowest BCUT2D eigenvalue weighted by molar-refractivity contribution is -0.132. The Labute approximate surface area is 179 Å². The Kier molecular flexibility index (Phi) is 6.42. The Hall–Kier alpha value is -2.74. The molecule has 2 fully saturated rings. The zero-order chi connectivity index (χ0) is 20.9. The van der Waals surface area contributed by atoms with Gasteiger partial charge >= 0.3 is 6.03 Å². The molecule has 0 spiro atoms. The van der Waals surface area contributed by atoms with E-state index < -0.39 is 6.04 Å². The summed E-state index contributed by atoms with van der Waals surface area (Å²) in [6.45, 7) is 0. The van der Waals surface area contributed by atoms with E-state index in [4.69, 9.17) is 0 Å². The van der Waals surface area contributed by atoms with Crippen molar-refractivity contribution in [3.05, 3.63) is 52.5 Å². The molecular formula is C22H26N4O3S. The van der Waals surface area contributed by atoms with Gasteiger partial charge in [-0.1, -0.05) is 31.4 Å². The molecule has 0 bridgehead atoms. The first-order valence-electron chi connectivity index (χ1n) is 10.5. The maximum absolute atomic E-state index is 12.8. The first kappa shape index (κ1) is 20.5. The second-order valence-electron chi connectivity index (χ2n) is 7.86. The van der Waals surface area contributed by atoms with Crippen LogP contribution >= 0.6 is 11.3 Å². The van der Waals surface area contributed by atoms with E-state index in [9.17, 15) is 14.4 Å². The molecule has 2 atom stereocenters. The third kappa shape index (κ3) is 4.70. The Bertz CT molecular complexity index is 881. The predicted octanol–water partition coefficient (Wildman–Crippen LogP) is 3.19. The van der Waals surface area contributed by atoms with Crippen molar-refractivity contribution in [2.24, 2.45) is 0 Å². The summed E-state index contributed by atoms with van der Waals surface area (Å²) in [6, 6.07) is 8.10. The van der Waals surface area contributed by atoms with E-state index in [1.54, 1.807) is 17.5 Å². The number of urea groups is 1. The van der Waals surface area contributed by atoms with E-state index in [2.05, 4.69) is 15.6 Å². The zero-order valence-corrected chi connectivity index (χ0v) is 17.6. The number of thiophene rings is 1.